The second kappa shape index (κ2) is 7.90. The molecule has 0 N–H and O–H groups in total. The van der Waals surface area contributed by atoms with E-state index in [1.54, 1.807) is 36.2 Å². The first kappa shape index (κ1) is 17.8. The molecule has 0 radical (unpaired) electrons. The van der Waals surface area contributed by atoms with E-state index < -0.39 is 4.92 Å². The molecule has 8 heteroatoms. The summed E-state index contributed by atoms with van der Waals surface area (Å²) >= 11 is 0. The Balaban J connectivity index is 1.58. The van der Waals surface area contributed by atoms with Gasteiger partial charge in [-0.2, -0.15) is 4.98 Å². The van der Waals surface area contributed by atoms with E-state index in [2.05, 4.69) is 9.97 Å². The third-order valence-corrected chi connectivity index (χ3v) is 4.27. The molecule has 0 spiro atoms. The molecule has 26 heavy (non-hydrogen) atoms. The Labute approximate surface area is 151 Å². The van der Waals surface area contributed by atoms with Crippen molar-refractivity contribution in [1.82, 2.24) is 14.9 Å². The predicted molar refractivity (Wildman–Crippen MR) is 93.8 cm³/mol. The minimum Gasteiger partial charge on any atom is -0.472 e. The topological polar surface area (TPSA) is 98.5 Å². The van der Waals surface area contributed by atoms with Gasteiger partial charge in [-0.15, -0.1) is 0 Å². The van der Waals surface area contributed by atoms with Crippen LogP contribution in [-0.4, -0.2) is 44.9 Å². The number of hydrogen-bond acceptors (Lipinski definition) is 6. The van der Waals surface area contributed by atoms with Crippen LogP contribution in [0, 0.1) is 17.0 Å². The Kier molecular flexibility index (Phi) is 5.40. The second-order valence-corrected chi connectivity index (χ2v) is 6.26. The average molecular weight is 356 g/mol. The number of rotatable bonds is 5. The van der Waals surface area contributed by atoms with Crippen LogP contribution >= 0.6 is 0 Å². The maximum atomic E-state index is 12.5. The highest BCUT2D eigenvalue weighted by Crippen LogP contribution is 2.18. The largest absolute Gasteiger partial charge is 0.472 e. The van der Waals surface area contributed by atoms with Crippen molar-refractivity contribution >= 4 is 11.6 Å². The molecular weight excluding hydrogens is 336 g/mol. The smallest absolute Gasteiger partial charge is 0.269 e. The number of piperidine rings is 1. The summed E-state index contributed by atoms with van der Waals surface area (Å²) in [6, 6.07) is 7.80. The third-order valence-electron chi connectivity index (χ3n) is 4.27. The lowest BCUT2D eigenvalue weighted by Gasteiger charge is -2.32. The maximum Gasteiger partial charge on any atom is 0.269 e. The van der Waals surface area contributed by atoms with Crippen molar-refractivity contribution in [1.29, 1.82) is 0 Å². The first-order valence-corrected chi connectivity index (χ1v) is 8.48. The minimum atomic E-state index is -0.451. The summed E-state index contributed by atoms with van der Waals surface area (Å²) in [4.78, 5) is 32.9. The number of nitrogens with zero attached hydrogens (tertiary/aromatic N) is 4. The van der Waals surface area contributed by atoms with Crippen molar-refractivity contribution in [3.8, 4) is 5.88 Å². The SMILES string of the molecule is Cc1nccc(OC2CCCN(C(=O)Cc3ccc([N+](=O)[O-])cc3)C2)n1. The van der Waals surface area contributed by atoms with Crippen molar-refractivity contribution in [2.75, 3.05) is 13.1 Å². The van der Waals surface area contributed by atoms with Crippen molar-refractivity contribution in [3.63, 3.8) is 0 Å². The van der Waals surface area contributed by atoms with Crippen molar-refractivity contribution < 1.29 is 14.5 Å². The predicted octanol–water partition coefficient (Wildman–Crippen LogP) is 2.31. The maximum absolute atomic E-state index is 12.5. The summed E-state index contributed by atoms with van der Waals surface area (Å²) in [5.41, 5.74) is 0.780. The molecule has 1 fully saturated rings. The van der Waals surface area contributed by atoms with Crippen LogP contribution in [0.3, 0.4) is 0 Å². The number of carbonyl (C=O) groups is 1. The Hall–Kier alpha value is -3.03. The molecule has 2 heterocycles. The van der Waals surface area contributed by atoms with Gasteiger partial charge in [-0.25, -0.2) is 4.98 Å². The quantitative estimate of drug-likeness (QED) is 0.602. The molecule has 1 aliphatic rings. The number of hydrogen-bond donors (Lipinski definition) is 0. The van der Waals surface area contributed by atoms with Gasteiger partial charge in [0, 0.05) is 30.9 Å². The summed E-state index contributed by atoms with van der Waals surface area (Å²) < 4.78 is 5.89. The van der Waals surface area contributed by atoms with E-state index >= 15 is 0 Å². The van der Waals surface area contributed by atoms with Crippen molar-refractivity contribution in [2.24, 2.45) is 0 Å². The van der Waals surface area contributed by atoms with Crippen molar-refractivity contribution in [3.05, 3.63) is 58.0 Å². The van der Waals surface area contributed by atoms with Gasteiger partial charge in [0.1, 0.15) is 11.9 Å². The van der Waals surface area contributed by atoms with Gasteiger partial charge in [-0.05, 0) is 25.3 Å². The molecular formula is C18H20N4O4. The molecule has 1 amide bonds. The number of carbonyl (C=O) groups excluding carboxylic acids is 1. The summed E-state index contributed by atoms with van der Waals surface area (Å²) in [5.74, 6) is 1.16. The van der Waals surface area contributed by atoms with E-state index in [1.165, 1.54) is 12.1 Å². The highest BCUT2D eigenvalue weighted by Gasteiger charge is 2.25. The summed E-state index contributed by atoms with van der Waals surface area (Å²) in [6.45, 7) is 3.00. The normalized spacial score (nSPS) is 17.0. The Morgan fingerprint density at radius 2 is 2.12 bits per heavy atom. The third kappa shape index (κ3) is 4.53. The van der Waals surface area contributed by atoms with Crippen LogP contribution in [0.1, 0.15) is 24.2 Å². The number of nitro benzene ring substituents is 1. The zero-order valence-corrected chi connectivity index (χ0v) is 14.5. The van der Waals surface area contributed by atoms with Crippen LogP contribution in [0.2, 0.25) is 0 Å². The number of benzene rings is 1. The lowest BCUT2D eigenvalue weighted by Crippen LogP contribution is -2.45. The molecule has 1 aliphatic heterocycles. The fourth-order valence-electron chi connectivity index (χ4n) is 2.95. The van der Waals surface area contributed by atoms with E-state index in [1.807, 2.05) is 0 Å². The van der Waals surface area contributed by atoms with Crippen LogP contribution in [0.15, 0.2) is 36.5 Å². The van der Waals surface area contributed by atoms with Gasteiger partial charge in [0.15, 0.2) is 0 Å². The zero-order valence-electron chi connectivity index (χ0n) is 14.5. The van der Waals surface area contributed by atoms with Gasteiger partial charge in [0.2, 0.25) is 11.8 Å². The second-order valence-electron chi connectivity index (χ2n) is 6.26. The lowest BCUT2D eigenvalue weighted by molar-refractivity contribution is -0.384. The number of aromatic nitrogens is 2. The zero-order chi connectivity index (χ0) is 18.5. The van der Waals surface area contributed by atoms with Crippen LogP contribution in [0.5, 0.6) is 5.88 Å². The standard InChI is InChI=1S/C18H20N4O4/c1-13-19-9-8-17(20-13)26-16-3-2-10-21(12-16)18(23)11-14-4-6-15(7-5-14)22(24)25/h4-9,16H,2-3,10-12H2,1H3. The lowest BCUT2D eigenvalue weighted by atomic mass is 10.1. The van der Waals surface area contributed by atoms with Crippen LogP contribution < -0.4 is 4.74 Å². The molecule has 8 nitrogen and oxygen atoms in total. The number of aryl methyl sites for hydroxylation is 1. The Bertz CT molecular complexity index is 794. The first-order chi connectivity index (χ1) is 12.5. The number of ether oxygens (including phenoxy) is 1. The van der Waals surface area contributed by atoms with Gasteiger partial charge in [-0.3, -0.25) is 14.9 Å². The summed E-state index contributed by atoms with van der Waals surface area (Å²) in [5, 5.41) is 10.7. The first-order valence-electron chi connectivity index (χ1n) is 8.48. The van der Waals surface area contributed by atoms with E-state index in [0.717, 1.165) is 18.4 Å². The van der Waals surface area contributed by atoms with E-state index in [9.17, 15) is 14.9 Å². The van der Waals surface area contributed by atoms with Crippen molar-refractivity contribution in [2.45, 2.75) is 32.3 Å². The fourth-order valence-corrected chi connectivity index (χ4v) is 2.95. The molecule has 1 aromatic heterocycles. The average Bonchev–Trinajstić information content (AvgIpc) is 2.62. The minimum absolute atomic E-state index is 0.00831. The van der Waals surface area contributed by atoms with Gasteiger partial charge in [0.25, 0.3) is 5.69 Å². The molecule has 1 aromatic carbocycles. The molecule has 1 atom stereocenters. The molecule has 0 saturated carbocycles. The van der Waals surface area contributed by atoms with Crippen LogP contribution in [-0.2, 0) is 11.2 Å². The molecule has 0 aliphatic carbocycles. The van der Waals surface area contributed by atoms with Crippen LogP contribution in [0.4, 0.5) is 5.69 Å². The summed E-state index contributed by atoms with van der Waals surface area (Å²) in [7, 11) is 0. The highest BCUT2D eigenvalue weighted by molar-refractivity contribution is 5.79. The number of likely N-dealkylation sites (tertiary alicyclic amines) is 1. The molecule has 1 unspecified atom stereocenters. The fraction of sp³-hybridized carbons (Fsp3) is 0.389. The molecule has 3 rings (SSSR count). The van der Waals surface area contributed by atoms with E-state index in [-0.39, 0.29) is 24.1 Å². The van der Waals surface area contributed by atoms with E-state index in [0.29, 0.717) is 24.8 Å². The number of non-ortho nitro benzene ring substituents is 1. The summed E-state index contributed by atoms with van der Waals surface area (Å²) in [6.07, 6.45) is 3.50. The monoisotopic (exact) mass is 356 g/mol. The van der Waals surface area contributed by atoms with Crippen LogP contribution in [0.25, 0.3) is 0 Å². The van der Waals surface area contributed by atoms with Gasteiger partial charge in [-0.1, -0.05) is 12.1 Å². The van der Waals surface area contributed by atoms with Gasteiger partial charge >= 0.3 is 0 Å². The molecule has 2 aromatic rings. The van der Waals surface area contributed by atoms with Gasteiger partial charge in [0.05, 0.1) is 17.9 Å². The Morgan fingerprint density at radius 1 is 1.35 bits per heavy atom. The number of nitro groups is 1. The van der Waals surface area contributed by atoms with Gasteiger partial charge < -0.3 is 9.64 Å². The van der Waals surface area contributed by atoms with E-state index in [4.69, 9.17) is 4.74 Å². The molecule has 136 valence electrons. The molecule has 0 bridgehead atoms. The Morgan fingerprint density at radius 3 is 2.81 bits per heavy atom. The molecule has 1 saturated heterocycles. The number of amides is 1. The highest BCUT2D eigenvalue weighted by atomic mass is 16.6.